The molecule has 0 saturated carbocycles. The number of nitrogens with zero attached hydrogens (tertiary/aromatic N) is 2. The average Bonchev–Trinajstić information content (AvgIpc) is 3.11. The summed E-state index contributed by atoms with van der Waals surface area (Å²) >= 11 is 6.83. The lowest BCUT2D eigenvalue weighted by Gasteiger charge is -2.29. The number of aryl methyl sites for hydroxylation is 1. The number of likely N-dealkylation sites (N-methyl/N-ethyl adjacent to an activating group) is 2. The van der Waals surface area contributed by atoms with Crippen LogP contribution in [-0.4, -0.2) is 54.4 Å². The molecule has 2 aliphatic heterocycles. The van der Waals surface area contributed by atoms with Crippen LogP contribution in [0.5, 0.6) is 5.75 Å². The third kappa shape index (κ3) is 6.62. The highest BCUT2D eigenvalue weighted by Gasteiger charge is 2.46. The third-order valence-corrected chi connectivity index (χ3v) is 8.88. The van der Waals surface area contributed by atoms with Gasteiger partial charge in [0.1, 0.15) is 20.8 Å². The normalized spacial score (nSPS) is 20.9. The van der Waals surface area contributed by atoms with Crippen molar-refractivity contribution >= 4 is 56.1 Å². The molecule has 0 radical (unpaired) electrons. The summed E-state index contributed by atoms with van der Waals surface area (Å²) in [5.41, 5.74) is 4.26. The van der Waals surface area contributed by atoms with Gasteiger partial charge in [0.05, 0.1) is 25.1 Å². The molecule has 7 nitrogen and oxygen atoms in total. The van der Waals surface area contributed by atoms with Gasteiger partial charge in [-0.05, 0) is 100 Å². The van der Waals surface area contributed by atoms with Crippen LogP contribution < -0.4 is 9.64 Å². The fourth-order valence-corrected chi connectivity index (χ4v) is 5.86. The second-order valence-corrected chi connectivity index (χ2v) is 11.9. The first-order chi connectivity index (χ1) is 17.9. The Morgan fingerprint density at radius 3 is 2.32 bits per heavy atom. The number of thioether (sulfide) groups is 1. The molecule has 2 aliphatic rings. The number of amides is 1. The number of benzene rings is 2. The highest BCUT2D eigenvalue weighted by Crippen LogP contribution is 2.37. The van der Waals surface area contributed by atoms with Gasteiger partial charge in [0.2, 0.25) is 4.32 Å². The van der Waals surface area contributed by atoms with E-state index in [2.05, 4.69) is 36.1 Å². The van der Waals surface area contributed by atoms with Crippen molar-refractivity contribution in [3.05, 3.63) is 82.4 Å². The molecule has 0 aromatic heterocycles. The number of hydrogen-bond donors (Lipinski definition) is 0. The number of carbonyl (C=O) groups excluding carboxylic acids is 1. The van der Waals surface area contributed by atoms with E-state index in [1.54, 1.807) is 12.1 Å². The lowest BCUT2D eigenvalue weighted by molar-refractivity contribution is -0.728. The largest absolute Gasteiger partial charge is 0.744 e. The summed E-state index contributed by atoms with van der Waals surface area (Å²) in [6.07, 6.45) is 8.08. The standard InChI is InChI=1S/C21H25N2O2S2.C7H8O3S/c1-5-22-16(9-8-15-14-17(25-7-3)11-12-18(15)22)10-13-19-20(24)23(4,6-2)21(26)27-19;1-6-2-4-7(5-3-6)11(8,9)10/h8-14H,5-7H2,1-4H3;2-5H,1H3,(H,8,9,10)/q+1;/p-1. The topological polar surface area (TPSA) is 86.7 Å². The minimum atomic E-state index is -4.27. The summed E-state index contributed by atoms with van der Waals surface area (Å²) in [4.78, 5) is 15.5. The molecular formula is C28H32N2O5S3. The van der Waals surface area contributed by atoms with Gasteiger partial charge in [-0.15, -0.1) is 0 Å². The Bertz CT molecular complexity index is 1410. The summed E-state index contributed by atoms with van der Waals surface area (Å²) in [5.74, 6) is 0.957. The Labute approximate surface area is 234 Å². The predicted octanol–water partition coefficient (Wildman–Crippen LogP) is 5.63. The first-order valence-corrected chi connectivity index (χ1v) is 14.9. The number of hydrogen-bond acceptors (Lipinski definition) is 8. The second-order valence-electron chi connectivity index (χ2n) is 8.80. The van der Waals surface area contributed by atoms with Crippen LogP contribution in [-0.2, 0) is 14.9 Å². The number of allylic oxidation sites excluding steroid dienone is 3. The minimum absolute atomic E-state index is 0.0777. The highest BCUT2D eigenvalue weighted by atomic mass is 32.2. The smallest absolute Gasteiger partial charge is 0.358 e. The molecule has 2 heterocycles. The summed E-state index contributed by atoms with van der Waals surface area (Å²) in [7, 11) is -2.38. The molecule has 2 aromatic carbocycles. The fourth-order valence-electron chi connectivity index (χ4n) is 3.88. The van der Waals surface area contributed by atoms with Gasteiger partial charge >= 0.3 is 5.91 Å². The number of anilines is 1. The van der Waals surface area contributed by atoms with Crippen molar-refractivity contribution in [2.45, 2.75) is 32.6 Å². The van der Waals surface area contributed by atoms with Crippen molar-refractivity contribution in [1.29, 1.82) is 0 Å². The summed E-state index contributed by atoms with van der Waals surface area (Å²) < 4.78 is 37.7. The quantitative estimate of drug-likeness (QED) is 0.191. The molecule has 202 valence electrons. The number of carbonyl (C=O) groups is 1. The molecule has 0 spiro atoms. The molecule has 0 N–H and O–H groups in total. The van der Waals surface area contributed by atoms with Crippen molar-refractivity contribution in [2.75, 3.05) is 31.6 Å². The van der Waals surface area contributed by atoms with Crippen LogP contribution in [0.3, 0.4) is 0 Å². The van der Waals surface area contributed by atoms with Gasteiger partial charge in [-0.1, -0.05) is 23.8 Å². The van der Waals surface area contributed by atoms with Crippen molar-refractivity contribution in [1.82, 2.24) is 0 Å². The molecule has 0 aliphatic carbocycles. The summed E-state index contributed by atoms with van der Waals surface area (Å²) in [6.45, 7) is 10.1. The van der Waals surface area contributed by atoms with Gasteiger partial charge in [-0.2, -0.15) is 0 Å². The zero-order chi connectivity index (χ0) is 28.1. The maximum absolute atomic E-state index is 12.7. The van der Waals surface area contributed by atoms with Crippen molar-refractivity contribution in [3.63, 3.8) is 0 Å². The van der Waals surface area contributed by atoms with Gasteiger partial charge in [-0.3, -0.25) is 0 Å². The van der Waals surface area contributed by atoms with Crippen LogP contribution in [0.2, 0.25) is 0 Å². The Hall–Kier alpha value is -2.76. The molecule has 2 aromatic rings. The van der Waals surface area contributed by atoms with Crippen LogP contribution in [0.4, 0.5) is 5.69 Å². The third-order valence-electron chi connectivity index (χ3n) is 6.27. The first kappa shape index (κ1) is 29.8. The maximum atomic E-state index is 12.7. The van der Waals surface area contributed by atoms with Crippen LogP contribution >= 0.6 is 24.0 Å². The Morgan fingerprint density at radius 2 is 1.76 bits per heavy atom. The van der Waals surface area contributed by atoms with Gasteiger partial charge in [0.15, 0.2) is 0 Å². The van der Waals surface area contributed by atoms with E-state index in [0.717, 1.165) is 34.8 Å². The molecular weight excluding hydrogens is 541 g/mol. The zero-order valence-electron chi connectivity index (χ0n) is 22.1. The van der Waals surface area contributed by atoms with E-state index in [1.165, 1.54) is 23.9 Å². The Balaban J connectivity index is 0.000000304. The average molecular weight is 573 g/mol. The molecule has 1 saturated heterocycles. The van der Waals surface area contributed by atoms with E-state index in [9.17, 15) is 17.8 Å². The van der Waals surface area contributed by atoms with E-state index in [0.29, 0.717) is 22.4 Å². The van der Waals surface area contributed by atoms with E-state index in [-0.39, 0.29) is 15.3 Å². The lowest BCUT2D eigenvalue weighted by Crippen LogP contribution is -2.47. The van der Waals surface area contributed by atoms with Crippen LogP contribution in [0.25, 0.3) is 6.08 Å². The predicted molar refractivity (Wildman–Crippen MR) is 157 cm³/mol. The van der Waals surface area contributed by atoms with E-state index in [1.807, 2.05) is 46.0 Å². The number of thiocarbonyl (C=S) groups is 1. The van der Waals surface area contributed by atoms with Gasteiger partial charge < -0.3 is 14.2 Å². The monoisotopic (exact) mass is 572 g/mol. The molecule has 1 atom stereocenters. The molecule has 1 fully saturated rings. The molecule has 0 bridgehead atoms. The molecule has 4 rings (SSSR count). The van der Waals surface area contributed by atoms with Gasteiger partial charge in [0, 0.05) is 23.5 Å². The number of rotatable bonds is 6. The molecule has 10 heteroatoms. The Kier molecular flexibility index (Phi) is 9.72. The number of fused-ring (bicyclic) bond motifs is 1. The highest BCUT2D eigenvalue weighted by molar-refractivity contribution is 8.26. The van der Waals surface area contributed by atoms with Gasteiger partial charge in [-0.25, -0.2) is 17.7 Å². The van der Waals surface area contributed by atoms with E-state index >= 15 is 0 Å². The summed E-state index contributed by atoms with van der Waals surface area (Å²) in [5, 5.41) is 0. The summed E-state index contributed by atoms with van der Waals surface area (Å²) in [6, 6.07) is 11.9. The maximum Gasteiger partial charge on any atom is 0.358 e. The van der Waals surface area contributed by atoms with Crippen molar-refractivity contribution in [3.8, 4) is 5.75 Å². The van der Waals surface area contributed by atoms with Crippen LogP contribution in [0, 0.1) is 6.92 Å². The molecule has 1 amide bonds. The number of quaternary nitrogens is 1. The SMILES string of the molecule is CCOc1ccc2c(c1)C=CC(=CC=C1SC(=S)[N+](C)(CC)C1=O)N2CC.Cc1ccc(S(=O)(=O)[O-])cc1. The van der Waals surface area contributed by atoms with Crippen LogP contribution in [0.1, 0.15) is 31.9 Å². The minimum Gasteiger partial charge on any atom is -0.744 e. The van der Waals surface area contributed by atoms with Crippen molar-refractivity contribution in [2.24, 2.45) is 0 Å². The van der Waals surface area contributed by atoms with E-state index in [4.69, 9.17) is 17.0 Å². The first-order valence-electron chi connectivity index (χ1n) is 12.2. The van der Waals surface area contributed by atoms with Crippen LogP contribution in [0.15, 0.2) is 76.2 Å². The molecule has 1 unspecified atom stereocenters. The number of ether oxygens (including phenoxy) is 1. The fraction of sp³-hybridized carbons (Fsp3) is 0.286. The van der Waals surface area contributed by atoms with E-state index < -0.39 is 10.1 Å². The second kappa shape index (κ2) is 12.4. The van der Waals surface area contributed by atoms with Gasteiger partial charge in [0.25, 0.3) is 0 Å². The molecule has 38 heavy (non-hydrogen) atoms. The Morgan fingerprint density at radius 1 is 1.08 bits per heavy atom. The lowest BCUT2D eigenvalue weighted by atomic mass is 10.0. The zero-order valence-corrected chi connectivity index (χ0v) is 24.6. The van der Waals surface area contributed by atoms with Crippen molar-refractivity contribution < 1.29 is 27.0 Å².